The Kier molecular flexibility index (Phi) is 6.35. The first-order chi connectivity index (χ1) is 15.2. The zero-order chi connectivity index (χ0) is 22.9. The van der Waals surface area contributed by atoms with Crippen molar-refractivity contribution in [2.24, 2.45) is 5.92 Å². The largest absolute Gasteiger partial charge is 0.326 e. The Hall–Kier alpha value is -2.71. The number of fused-ring (bicyclic) bond motifs is 1. The predicted octanol–water partition coefficient (Wildman–Crippen LogP) is 3.07. The Labute approximate surface area is 189 Å². The molecule has 0 bridgehead atoms. The van der Waals surface area contributed by atoms with Crippen LogP contribution in [0.3, 0.4) is 0 Å². The van der Waals surface area contributed by atoms with Gasteiger partial charge >= 0.3 is 0 Å². The number of nitrogens with zero attached hydrogens (tertiary/aromatic N) is 1. The highest BCUT2D eigenvalue weighted by Gasteiger charge is 2.35. The number of hydrogen-bond acceptors (Lipinski definition) is 4. The topological polar surface area (TPSA) is 95.6 Å². The van der Waals surface area contributed by atoms with Gasteiger partial charge in [0.15, 0.2) is 0 Å². The number of carbonyl (C=O) groups is 2. The van der Waals surface area contributed by atoms with Gasteiger partial charge in [-0.15, -0.1) is 0 Å². The van der Waals surface area contributed by atoms with Gasteiger partial charge < -0.3 is 10.2 Å². The summed E-state index contributed by atoms with van der Waals surface area (Å²) in [6.07, 6.45) is 2.48. The van der Waals surface area contributed by atoms with Crippen LogP contribution in [0, 0.1) is 5.92 Å². The van der Waals surface area contributed by atoms with E-state index in [-0.39, 0.29) is 28.7 Å². The molecule has 2 aromatic carbocycles. The maximum absolute atomic E-state index is 13.3. The van der Waals surface area contributed by atoms with E-state index in [0.717, 1.165) is 24.0 Å². The molecule has 0 aromatic heterocycles. The highest BCUT2D eigenvalue weighted by atomic mass is 32.2. The molecule has 1 saturated carbocycles. The lowest BCUT2D eigenvalue weighted by Gasteiger charge is -2.36. The molecule has 2 N–H and O–H groups in total. The minimum absolute atomic E-state index is 0.00100. The van der Waals surface area contributed by atoms with Crippen LogP contribution in [-0.4, -0.2) is 37.2 Å². The van der Waals surface area contributed by atoms with Crippen LogP contribution in [0.2, 0.25) is 0 Å². The normalized spacial score (nSPS) is 18.3. The fraction of sp³-hybridized carbons (Fsp3) is 0.417. The Balaban J connectivity index is 1.55. The lowest BCUT2D eigenvalue weighted by Crippen LogP contribution is -2.50. The molecular formula is C24H29N3O4S. The average Bonchev–Trinajstić information content (AvgIpc) is 3.55. The van der Waals surface area contributed by atoms with E-state index in [1.807, 2.05) is 38.1 Å². The SMILES string of the molecule is CC(C)CC(=O)N1Cc2ccccc2CC1C(=O)Nc1cccc(S(=O)(=O)NC2CC2)c1. The quantitative estimate of drug-likeness (QED) is 0.671. The van der Waals surface area contributed by atoms with Crippen molar-refractivity contribution in [1.82, 2.24) is 9.62 Å². The second kappa shape index (κ2) is 9.03. The van der Waals surface area contributed by atoms with E-state index in [0.29, 0.717) is 25.1 Å². The third-order valence-corrected chi connectivity index (χ3v) is 7.28. The van der Waals surface area contributed by atoms with Crippen LogP contribution in [0.15, 0.2) is 53.4 Å². The Morgan fingerprint density at radius 3 is 2.47 bits per heavy atom. The van der Waals surface area contributed by atoms with Crippen molar-refractivity contribution in [3.05, 3.63) is 59.7 Å². The Morgan fingerprint density at radius 1 is 1.06 bits per heavy atom. The minimum atomic E-state index is -3.62. The van der Waals surface area contributed by atoms with Crippen LogP contribution in [0.25, 0.3) is 0 Å². The summed E-state index contributed by atoms with van der Waals surface area (Å²) in [5.74, 6) is -0.190. The van der Waals surface area contributed by atoms with E-state index in [4.69, 9.17) is 0 Å². The van der Waals surface area contributed by atoms with E-state index < -0.39 is 16.1 Å². The number of hydrogen-bond donors (Lipinski definition) is 2. The number of carbonyl (C=O) groups excluding carboxylic acids is 2. The van der Waals surface area contributed by atoms with Gasteiger partial charge in [0.25, 0.3) is 0 Å². The number of rotatable bonds is 7. The number of sulfonamides is 1. The maximum Gasteiger partial charge on any atom is 0.247 e. The molecule has 170 valence electrons. The van der Waals surface area contributed by atoms with Crippen LogP contribution in [-0.2, 0) is 32.6 Å². The van der Waals surface area contributed by atoms with Gasteiger partial charge in [-0.1, -0.05) is 44.2 Å². The first kappa shape index (κ1) is 22.5. The van der Waals surface area contributed by atoms with Gasteiger partial charge in [0.05, 0.1) is 4.90 Å². The van der Waals surface area contributed by atoms with Gasteiger partial charge in [0.2, 0.25) is 21.8 Å². The van der Waals surface area contributed by atoms with Gasteiger partial charge in [-0.25, -0.2) is 13.1 Å². The van der Waals surface area contributed by atoms with Gasteiger partial charge in [-0.2, -0.15) is 0 Å². The standard InChI is InChI=1S/C24H29N3O4S/c1-16(2)12-23(28)27-15-18-7-4-3-6-17(18)13-22(27)24(29)25-20-8-5-9-21(14-20)32(30,31)26-19-10-11-19/h3-9,14,16,19,22,26H,10-13,15H2,1-2H3,(H,25,29). The molecule has 2 aromatic rings. The molecule has 4 rings (SSSR count). The molecule has 1 aliphatic carbocycles. The minimum Gasteiger partial charge on any atom is -0.326 e. The van der Waals surface area contributed by atoms with E-state index in [1.165, 1.54) is 12.1 Å². The van der Waals surface area contributed by atoms with E-state index in [9.17, 15) is 18.0 Å². The van der Waals surface area contributed by atoms with Crippen molar-refractivity contribution < 1.29 is 18.0 Å². The zero-order valence-electron chi connectivity index (χ0n) is 18.4. The van der Waals surface area contributed by atoms with Crippen molar-refractivity contribution in [1.29, 1.82) is 0 Å². The molecule has 2 amide bonds. The molecule has 1 fully saturated rings. The van der Waals surface area contributed by atoms with Crippen molar-refractivity contribution >= 4 is 27.5 Å². The number of anilines is 1. The fourth-order valence-corrected chi connectivity index (χ4v) is 5.29. The maximum atomic E-state index is 13.3. The second-order valence-electron chi connectivity index (χ2n) is 9.02. The van der Waals surface area contributed by atoms with Crippen LogP contribution < -0.4 is 10.0 Å². The third-order valence-electron chi connectivity index (χ3n) is 5.77. The molecule has 32 heavy (non-hydrogen) atoms. The molecule has 1 heterocycles. The predicted molar refractivity (Wildman–Crippen MR) is 122 cm³/mol. The van der Waals surface area contributed by atoms with Crippen LogP contribution in [0.1, 0.15) is 44.2 Å². The zero-order valence-corrected chi connectivity index (χ0v) is 19.2. The number of nitrogens with one attached hydrogen (secondary N) is 2. The Morgan fingerprint density at radius 2 is 1.78 bits per heavy atom. The molecule has 8 heteroatoms. The van der Waals surface area contributed by atoms with Crippen LogP contribution in [0.4, 0.5) is 5.69 Å². The van der Waals surface area contributed by atoms with E-state index in [2.05, 4.69) is 10.0 Å². The summed E-state index contributed by atoms with van der Waals surface area (Å²) in [5, 5.41) is 2.84. The Bertz CT molecular complexity index is 1130. The van der Waals surface area contributed by atoms with Gasteiger partial charge in [0, 0.05) is 31.1 Å². The lowest BCUT2D eigenvalue weighted by atomic mass is 9.92. The van der Waals surface area contributed by atoms with E-state index in [1.54, 1.807) is 17.0 Å². The molecule has 2 aliphatic rings. The smallest absolute Gasteiger partial charge is 0.247 e. The summed E-state index contributed by atoms with van der Waals surface area (Å²) >= 11 is 0. The molecular weight excluding hydrogens is 426 g/mol. The molecule has 0 saturated heterocycles. The monoisotopic (exact) mass is 455 g/mol. The van der Waals surface area contributed by atoms with Gasteiger partial charge in [-0.05, 0) is 48.1 Å². The highest BCUT2D eigenvalue weighted by Crippen LogP contribution is 2.27. The average molecular weight is 456 g/mol. The molecule has 0 spiro atoms. The second-order valence-corrected chi connectivity index (χ2v) is 10.7. The molecule has 1 unspecified atom stereocenters. The van der Waals surface area contributed by atoms with Crippen LogP contribution in [0.5, 0.6) is 0 Å². The lowest BCUT2D eigenvalue weighted by molar-refractivity contribution is -0.140. The molecule has 0 radical (unpaired) electrons. The van der Waals surface area contributed by atoms with Crippen molar-refractivity contribution in [2.45, 2.75) is 63.1 Å². The summed E-state index contributed by atoms with van der Waals surface area (Å²) in [4.78, 5) is 28.0. The van der Waals surface area contributed by atoms with Gasteiger partial charge in [0.1, 0.15) is 6.04 Å². The van der Waals surface area contributed by atoms with Crippen molar-refractivity contribution in [2.75, 3.05) is 5.32 Å². The summed E-state index contributed by atoms with van der Waals surface area (Å²) in [6.45, 7) is 4.35. The fourth-order valence-electron chi connectivity index (χ4n) is 3.94. The molecule has 7 nitrogen and oxygen atoms in total. The van der Waals surface area contributed by atoms with Crippen LogP contribution >= 0.6 is 0 Å². The van der Waals surface area contributed by atoms with E-state index >= 15 is 0 Å². The molecule has 1 aliphatic heterocycles. The third kappa shape index (κ3) is 5.19. The summed E-state index contributed by atoms with van der Waals surface area (Å²) < 4.78 is 27.7. The van der Waals surface area contributed by atoms with Crippen molar-refractivity contribution in [3.8, 4) is 0 Å². The first-order valence-corrected chi connectivity index (χ1v) is 12.5. The summed E-state index contributed by atoms with van der Waals surface area (Å²) in [5.41, 5.74) is 2.49. The first-order valence-electron chi connectivity index (χ1n) is 11.0. The summed E-state index contributed by atoms with van der Waals surface area (Å²) in [6, 6.07) is 13.4. The number of amides is 2. The van der Waals surface area contributed by atoms with Gasteiger partial charge in [-0.3, -0.25) is 9.59 Å². The highest BCUT2D eigenvalue weighted by molar-refractivity contribution is 7.89. The number of benzene rings is 2. The van der Waals surface area contributed by atoms with Crippen molar-refractivity contribution in [3.63, 3.8) is 0 Å². The molecule has 1 atom stereocenters. The summed E-state index contributed by atoms with van der Waals surface area (Å²) in [7, 11) is -3.62.